The highest BCUT2D eigenvalue weighted by molar-refractivity contribution is 5.82. The van der Waals surface area contributed by atoms with Gasteiger partial charge in [0.15, 0.2) is 0 Å². The van der Waals surface area contributed by atoms with Crippen molar-refractivity contribution < 1.29 is 14.7 Å². The minimum atomic E-state index is -0.895. The first kappa shape index (κ1) is 15.9. The molecule has 0 aliphatic carbocycles. The average Bonchev–Trinajstić information content (AvgIpc) is 2.23. The van der Waals surface area contributed by atoms with Gasteiger partial charge in [0.05, 0.1) is 12.0 Å². The Morgan fingerprint density at radius 3 is 2.18 bits per heavy atom. The second-order valence-electron chi connectivity index (χ2n) is 4.85. The Balaban J connectivity index is 4.44. The Hall–Kier alpha value is -1.10. The number of amides is 1. The Morgan fingerprint density at radius 2 is 1.82 bits per heavy atom. The topological polar surface area (TPSA) is 83.6 Å². The number of nitrogens with zero attached hydrogens (tertiary/aromatic N) is 1. The summed E-state index contributed by atoms with van der Waals surface area (Å²) < 4.78 is 0. The second kappa shape index (κ2) is 7.27. The van der Waals surface area contributed by atoms with Gasteiger partial charge in [-0.05, 0) is 19.3 Å². The molecule has 0 fully saturated rings. The van der Waals surface area contributed by atoms with Crippen molar-refractivity contribution in [3.63, 3.8) is 0 Å². The van der Waals surface area contributed by atoms with Crippen LogP contribution in [-0.4, -0.2) is 41.0 Å². The van der Waals surface area contributed by atoms with Crippen molar-refractivity contribution >= 4 is 11.9 Å². The summed E-state index contributed by atoms with van der Waals surface area (Å²) in [6.07, 6.45) is 0.622. The summed E-state index contributed by atoms with van der Waals surface area (Å²) in [6.45, 7) is 8.13. The number of carbonyl (C=O) groups excluding carboxylic acids is 1. The van der Waals surface area contributed by atoms with Crippen LogP contribution in [-0.2, 0) is 9.59 Å². The zero-order valence-corrected chi connectivity index (χ0v) is 11.1. The Kier molecular flexibility index (Phi) is 6.80. The number of carboxylic acid groups (broad SMARTS) is 1. The maximum Gasteiger partial charge on any atom is 0.308 e. The molecule has 0 radical (unpaired) electrons. The third-order valence-electron chi connectivity index (χ3n) is 2.65. The maximum atomic E-state index is 12.0. The van der Waals surface area contributed by atoms with Crippen LogP contribution in [0.2, 0.25) is 0 Å². The van der Waals surface area contributed by atoms with Gasteiger partial charge in [-0.1, -0.05) is 20.8 Å². The molecule has 0 aliphatic heterocycles. The molecule has 0 aromatic heterocycles. The van der Waals surface area contributed by atoms with Crippen molar-refractivity contribution in [3.8, 4) is 0 Å². The van der Waals surface area contributed by atoms with Crippen molar-refractivity contribution in [2.45, 2.75) is 40.2 Å². The van der Waals surface area contributed by atoms with E-state index in [1.54, 1.807) is 6.92 Å². The van der Waals surface area contributed by atoms with E-state index in [2.05, 4.69) is 0 Å². The lowest BCUT2D eigenvalue weighted by atomic mass is 10.0. The van der Waals surface area contributed by atoms with Crippen LogP contribution in [0.5, 0.6) is 0 Å². The Labute approximate surface area is 103 Å². The molecule has 17 heavy (non-hydrogen) atoms. The van der Waals surface area contributed by atoms with Gasteiger partial charge in [-0.15, -0.1) is 0 Å². The van der Waals surface area contributed by atoms with Crippen LogP contribution in [0, 0.1) is 11.8 Å². The lowest BCUT2D eigenvalue weighted by molar-refractivity contribution is -0.143. The van der Waals surface area contributed by atoms with E-state index in [4.69, 9.17) is 10.8 Å². The highest BCUT2D eigenvalue weighted by Crippen LogP contribution is 2.08. The van der Waals surface area contributed by atoms with Gasteiger partial charge in [0, 0.05) is 13.1 Å². The molecule has 1 amide bonds. The quantitative estimate of drug-likeness (QED) is 0.697. The van der Waals surface area contributed by atoms with Crippen LogP contribution in [0.1, 0.15) is 34.1 Å². The number of likely N-dealkylation sites (N-methyl/N-ethyl adjacent to an activating group) is 1. The fourth-order valence-electron chi connectivity index (χ4n) is 1.63. The summed E-state index contributed by atoms with van der Waals surface area (Å²) >= 11 is 0. The molecule has 100 valence electrons. The third kappa shape index (κ3) is 5.68. The SMILES string of the molecule is CCN(CC(C)C(=O)O)C(=O)[C@H](N)CC(C)C. The monoisotopic (exact) mass is 244 g/mol. The highest BCUT2D eigenvalue weighted by Gasteiger charge is 2.24. The molecule has 3 N–H and O–H groups in total. The van der Waals surface area contributed by atoms with Crippen molar-refractivity contribution in [1.82, 2.24) is 4.90 Å². The molecule has 5 heteroatoms. The van der Waals surface area contributed by atoms with Gasteiger partial charge >= 0.3 is 5.97 Å². The molecule has 0 saturated heterocycles. The lowest BCUT2D eigenvalue weighted by Crippen LogP contribution is -2.46. The second-order valence-corrected chi connectivity index (χ2v) is 4.85. The number of hydrogen-bond donors (Lipinski definition) is 2. The van der Waals surface area contributed by atoms with E-state index in [0.29, 0.717) is 18.9 Å². The first-order valence-corrected chi connectivity index (χ1v) is 6.06. The van der Waals surface area contributed by atoms with E-state index in [9.17, 15) is 9.59 Å². The van der Waals surface area contributed by atoms with E-state index in [1.165, 1.54) is 4.90 Å². The third-order valence-corrected chi connectivity index (χ3v) is 2.65. The molecule has 0 aromatic carbocycles. The molecule has 1 unspecified atom stereocenters. The minimum Gasteiger partial charge on any atom is -0.481 e. The summed E-state index contributed by atoms with van der Waals surface area (Å²) in [7, 11) is 0. The molecule has 0 bridgehead atoms. The van der Waals surface area contributed by atoms with Gasteiger partial charge in [-0.25, -0.2) is 0 Å². The lowest BCUT2D eigenvalue weighted by Gasteiger charge is -2.26. The predicted octanol–water partition coefficient (Wildman–Crippen LogP) is 0.929. The Bertz CT molecular complexity index is 266. The number of nitrogens with two attached hydrogens (primary N) is 1. The number of carboxylic acids is 1. The largest absolute Gasteiger partial charge is 0.481 e. The van der Waals surface area contributed by atoms with Crippen LogP contribution in [0.3, 0.4) is 0 Å². The predicted molar refractivity (Wildman–Crippen MR) is 66.5 cm³/mol. The average molecular weight is 244 g/mol. The fourth-order valence-corrected chi connectivity index (χ4v) is 1.63. The molecule has 0 aromatic rings. The molecule has 0 spiro atoms. The first-order chi connectivity index (χ1) is 7.79. The van der Waals surface area contributed by atoms with Crippen LogP contribution in [0.15, 0.2) is 0 Å². The fraction of sp³-hybridized carbons (Fsp3) is 0.833. The zero-order valence-electron chi connectivity index (χ0n) is 11.1. The van der Waals surface area contributed by atoms with Gasteiger partial charge in [-0.3, -0.25) is 9.59 Å². The standard InChI is InChI=1S/C12H24N2O3/c1-5-14(7-9(4)12(16)17)11(15)10(13)6-8(2)3/h8-10H,5-7,13H2,1-4H3,(H,16,17)/t9?,10-/m1/s1. The number of hydrogen-bond acceptors (Lipinski definition) is 3. The summed E-state index contributed by atoms with van der Waals surface area (Å²) in [5.41, 5.74) is 5.81. The van der Waals surface area contributed by atoms with Crippen LogP contribution in [0.25, 0.3) is 0 Å². The van der Waals surface area contributed by atoms with Crippen LogP contribution < -0.4 is 5.73 Å². The van der Waals surface area contributed by atoms with Gasteiger partial charge in [0.1, 0.15) is 0 Å². The van der Waals surface area contributed by atoms with Gasteiger partial charge < -0.3 is 15.7 Å². The Morgan fingerprint density at radius 1 is 1.29 bits per heavy atom. The van der Waals surface area contributed by atoms with Crippen molar-refractivity contribution in [1.29, 1.82) is 0 Å². The molecule has 0 rings (SSSR count). The maximum absolute atomic E-state index is 12.0. The molecule has 2 atom stereocenters. The smallest absolute Gasteiger partial charge is 0.308 e. The molecular weight excluding hydrogens is 220 g/mol. The van der Waals surface area contributed by atoms with Crippen molar-refractivity contribution in [2.75, 3.05) is 13.1 Å². The molecule has 0 heterocycles. The summed E-state index contributed by atoms with van der Waals surface area (Å²) in [6, 6.07) is -0.532. The molecule has 5 nitrogen and oxygen atoms in total. The van der Waals surface area contributed by atoms with Crippen molar-refractivity contribution in [3.05, 3.63) is 0 Å². The number of rotatable bonds is 7. The normalized spacial score (nSPS) is 14.5. The number of aliphatic carboxylic acids is 1. The van der Waals surface area contributed by atoms with Gasteiger partial charge in [0.25, 0.3) is 0 Å². The van der Waals surface area contributed by atoms with Gasteiger partial charge in [-0.2, -0.15) is 0 Å². The van der Waals surface area contributed by atoms with Crippen LogP contribution in [0.4, 0.5) is 0 Å². The zero-order chi connectivity index (χ0) is 13.6. The highest BCUT2D eigenvalue weighted by atomic mass is 16.4. The van der Waals surface area contributed by atoms with Crippen molar-refractivity contribution in [2.24, 2.45) is 17.6 Å². The summed E-state index contributed by atoms with van der Waals surface area (Å²) in [5.74, 6) is -1.27. The summed E-state index contributed by atoms with van der Waals surface area (Å²) in [4.78, 5) is 24.2. The van der Waals surface area contributed by atoms with E-state index < -0.39 is 17.9 Å². The van der Waals surface area contributed by atoms with Gasteiger partial charge in [0.2, 0.25) is 5.91 Å². The molecule has 0 aliphatic rings. The van der Waals surface area contributed by atoms with E-state index >= 15 is 0 Å². The summed E-state index contributed by atoms with van der Waals surface area (Å²) in [5, 5.41) is 8.82. The van der Waals surface area contributed by atoms with E-state index in [1.807, 2.05) is 20.8 Å². The minimum absolute atomic E-state index is 0.158. The van der Waals surface area contributed by atoms with E-state index in [-0.39, 0.29) is 12.5 Å². The first-order valence-electron chi connectivity index (χ1n) is 6.06. The molecule has 0 saturated carbocycles. The molecular formula is C12H24N2O3. The number of carbonyl (C=O) groups is 2. The van der Waals surface area contributed by atoms with Crippen LogP contribution >= 0.6 is 0 Å². The van der Waals surface area contributed by atoms with E-state index in [0.717, 1.165) is 0 Å².